The fourth-order valence-corrected chi connectivity index (χ4v) is 5.37. The summed E-state index contributed by atoms with van der Waals surface area (Å²) < 4.78 is 2.07. The predicted molar refractivity (Wildman–Crippen MR) is 139 cm³/mol. The number of carbonyl (C=O) groups excluding carboxylic acids is 2. The molecule has 0 bridgehead atoms. The third-order valence-corrected chi connectivity index (χ3v) is 7.52. The number of halogens is 1. The topological polar surface area (TPSA) is 71.3 Å². The van der Waals surface area contributed by atoms with Gasteiger partial charge in [-0.1, -0.05) is 41.6 Å². The van der Waals surface area contributed by atoms with E-state index in [1.54, 1.807) is 36.0 Å². The molecule has 1 aliphatic rings. The van der Waals surface area contributed by atoms with Crippen LogP contribution in [-0.2, 0) is 4.79 Å². The zero-order valence-corrected chi connectivity index (χ0v) is 21.8. The number of nitrogens with zero attached hydrogens (tertiary/aromatic N) is 5. The molecule has 1 unspecified atom stereocenters. The molecule has 0 spiro atoms. The highest BCUT2D eigenvalue weighted by Crippen LogP contribution is 2.25. The second kappa shape index (κ2) is 11.3. The van der Waals surface area contributed by atoms with Crippen LogP contribution in [0.2, 0.25) is 5.02 Å². The van der Waals surface area contributed by atoms with Crippen molar-refractivity contribution in [2.24, 2.45) is 0 Å². The van der Waals surface area contributed by atoms with Crippen molar-refractivity contribution in [2.75, 3.05) is 25.4 Å². The molecule has 1 atom stereocenters. The minimum absolute atomic E-state index is 0.0225. The van der Waals surface area contributed by atoms with Crippen LogP contribution in [0.1, 0.15) is 41.5 Å². The number of para-hydroxylation sites is 1. The molecule has 0 aliphatic carbocycles. The Kier molecular flexibility index (Phi) is 8.13. The van der Waals surface area contributed by atoms with Crippen molar-refractivity contribution in [1.29, 1.82) is 0 Å². The van der Waals surface area contributed by atoms with Crippen LogP contribution in [0.15, 0.2) is 53.7 Å². The zero-order valence-electron chi connectivity index (χ0n) is 20.3. The van der Waals surface area contributed by atoms with Crippen molar-refractivity contribution in [2.45, 2.75) is 44.8 Å². The van der Waals surface area contributed by atoms with Crippen LogP contribution < -0.4 is 0 Å². The van der Waals surface area contributed by atoms with Crippen LogP contribution >= 0.6 is 23.4 Å². The molecule has 3 aromatic rings. The SMILES string of the molecule is Cc1ccccc1-n1c(C)nnc1SCCCC(=O)N1CCN(C(=O)c2ccc(Cl)cc2)C(C)C1. The molecule has 1 aromatic heterocycles. The molecule has 9 heteroatoms. The molecule has 1 aliphatic heterocycles. The van der Waals surface area contributed by atoms with Gasteiger partial charge in [-0.2, -0.15) is 0 Å². The summed E-state index contributed by atoms with van der Waals surface area (Å²) in [4.78, 5) is 29.4. The van der Waals surface area contributed by atoms with Crippen LogP contribution in [0, 0.1) is 13.8 Å². The molecule has 35 heavy (non-hydrogen) atoms. The van der Waals surface area contributed by atoms with Gasteiger partial charge in [-0.05, 0) is 63.1 Å². The minimum atomic E-state index is -0.0408. The van der Waals surface area contributed by atoms with E-state index >= 15 is 0 Å². The fraction of sp³-hybridized carbons (Fsp3) is 0.385. The summed E-state index contributed by atoms with van der Waals surface area (Å²) in [6, 6.07) is 15.1. The number of hydrogen-bond donors (Lipinski definition) is 0. The van der Waals surface area contributed by atoms with Gasteiger partial charge in [0.15, 0.2) is 5.16 Å². The van der Waals surface area contributed by atoms with Gasteiger partial charge in [0.25, 0.3) is 5.91 Å². The quantitative estimate of drug-likeness (QED) is 0.337. The molecule has 0 N–H and O–H groups in total. The highest BCUT2D eigenvalue weighted by Gasteiger charge is 2.30. The molecular weight excluding hydrogens is 482 g/mol. The molecule has 1 saturated heterocycles. The van der Waals surface area contributed by atoms with Crippen molar-refractivity contribution in [1.82, 2.24) is 24.6 Å². The van der Waals surface area contributed by atoms with E-state index in [9.17, 15) is 9.59 Å². The van der Waals surface area contributed by atoms with Crippen molar-refractivity contribution in [3.8, 4) is 5.69 Å². The lowest BCUT2D eigenvalue weighted by Crippen LogP contribution is -2.55. The first kappa shape index (κ1) is 25.3. The monoisotopic (exact) mass is 511 g/mol. The molecule has 4 rings (SSSR count). The Hall–Kier alpha value is -2.84. The summed E-state index contributed by atoms with van der Waals surface area (Å²) in [7, 11) is 0. The molecule has 184 valence electrons. The first-order chi connectivity index (χ1) is 16.8. The third kappa shape index (κ3) is 5.87. The Morgan fingerprint density at radius 1 is 1.06 bits per heavy atom. The molecule has 0 radical (unpaired) electrons. The Labute approximate surface area is 215 Å². The second-order valence-corrected chi connectivity index (χ2v) is 10.3. The van der Waals surface area contributed by atoms with Crippen molar-refractivity contribution in [3.63, 3.8) is 0 Å². The van der Waals surface area contributed by atoms with Gasteiger partial charge in [-0.3, -0.25) is 14.2 Å². The summed E-state index contributed by atoms with van der Waals surface area (Å²) in [6.45, 7) is 7.64. The number of aromatic nitrogens is 3. The van der Waals surface area contributed by atoms with Crippen LogP contribution in [0.3, 0.4) is 0 Å². The minimum Gasteiger partial charge on any atom is -0.339 e. The zero-order chi connectivity index (χ0) is 24.9. The number of aryl methyl sites for hydroxylation is 2. The Morgan fingerprint density at radius 3 is 2.51 bits per heavy atom. The average molecular weight is 512 g/mol. The number of piperazine rings is 1. The van der Waals surface area contributed by atoms with Crippen LogP contribution in [0.4, 0.5) is 0 Å². The van der Waals surface area contributed by atoms with Crippen molar-refractivity contribution in [3.05, 3.63) is 70.5 Å². The van der Waals surface area contributed by atoms with E-state index in [2.05, 4.69) is 33.8 Å². The lowest BCUT2D eigenvalue weighted by molar-refractivity contribution is -0.133. The first-order valence-corrected chi connectivity index (χ1v) is 13.2. The number of amides is 2. The van der Waals surface area contributed by atoms with E-state index in [0.29, 0.717) is 36.6 Å². The predicted octanol–water partition coefficient (Wildman–Crippen LogP) is 4.78. The molecule has 1 fully saturated rings. The maximum absolute atomic E-state index is 12.9. The lowest BCUT2D eigenvalue weighted by atomic mass is 10.1. The molecular formula is C26H30ClN5O2S. The van der Waals surface area contributed by atoms with E-state index in [0.717, 1.165) is 34.4 Å². The Morgan fingerprint density at radius 2 is 1.80 bits per heavy atom. The standard InChI is InChI=1S/C26H30ClN5O2S/c1-18-7-4-5-8-23(18)32-20(3)28-29-26(32)35-16-6-9-24(33)30-14-15-31(19(2)17-30)25(34)21-10-12-22(27)13-11-21/h4-5,7-8,10-13,19H,6,9,14-17H2,1-3H3. The van der Waals surface area contributed by atoms with Gasteiger partial charge in [0, 0.05) is 48.4 Å². The average Bonchev–Trinajstić information content (AvgIpc) is 3.22. The number of rotatable bonds is 7. The van der Waals surface area contributed by atoms with Crippen molar-refractivity contribution < 1.29 is 9.59 Å². The molecule has 2 amide bonds. The molecule has 7 nitrogen and oxygen atoms in total. The number of hydrogen-bond acceptors (Lipinski definition) is 5. The van der Waals surface area contributed by atoms with Crippen LogP contribution in [0.5, 0.6) is 0 Å². The summed E-state index contributed by atoms with van der Waals surface area (Å²) in [5.74, 6) is 1.73. The maximum Gasteiger partial charge on any atom is 0.254 e. The number of thioether (sulfide) groups is 1. The summed E-state index contributed by atoms with van der Waals surface area (Å²) in [6.07, 6.45) is 1.23. The van der Waals surface area contributed by atoms with E-state index < -0.39 is 0 Å². The molecule has 2 heterocycles. The summed E-state index contributed by atoms with van der Waals surface area (Å²) >= 11 is 7.56. The number of carbonyl (C=O) groups is 2. The highest BCUT2D eigenvalue weighted by molar-refractivity contribution is 7.99. The first-order valence-electron chi connectivity index (χ1n) is 11.8. The summed E-state index contributed by atoms with van der Waals surface area (Å²) in [5, 5.41) is 10.0. The van der Waals surface area contributed by atoms with E-state index in [1.165, 1.54) is 0 Å². The second-order valence-electron chi connectivity index (χ2n) is 8.80. The van der Waals surface area contributed by atoms with Crippen LogP contribution in [-0.4, -0.2) is 67.8 Å². The van der Waals surface area contributed by atoms with Gasteiger partial charge in [-0.25, -0.2) is 0 Å². The Bertz CT molecular complexity index is 1200. The number of benzene rings is 2. The lowest BCUT2D eigenvalue weighted by Gasteiger charge is -2.40. The fourth-order valence-electron chi connectivity index (χ4n) is 4.32. The van der Waals surface area contributed by atoms with Gasteiger partial charge >= 0.3 is 0 Å². The third-order valence-electron chi connectivity index (χ3n) is 6.25. The maximum atomic E-state index is 12.9. The molecule has 2 aromatic carbocycles. The smallest absolute Gasteiger partial charge is 0.254 e. The molecule has 0 saturated carbocycles. The van der Waals surface area contributed by atoms with Gasteiger partial charge < -0.3 is 9.80 Å². The van der Waals surface area contributed by atoms with Gasteiger partial charge in [0.2, 0.25) is 5.91 Å². The van der Waals surface area contributed by atoms with E-state index in [-0.39, 0.29) is 17.9 Å². The van der Waals surface area contributed by atoms with Crippen molar-refractivity contribution >= 4 is 35.2 Å². The summed E-state index contributed by atoms with van der Waals surface area (Å²) in [5.41, 5.74) is 2.86. The normalized spacial score (nSPS) is 15.9. The van der Waals surface area contributed by atoms with E-state index in [4.69, 9.17) is 11.6 Å². The Balaban J connectivity index is 1.27. The highest BCUT2D eigenvalue weighted by atomic mass is 35.5. The van der Waals surface area contributed by atoms with E-state index in [1.807, 2.05) is 35.8 Å². The van der Waals surface area contributed by atoms with Gasteiger partial charge in [0.1, 0.15) is 5.82 Å². The van der Waals surface area contributed by atoms with Crippen LogP contribution in [0.25, 0.3) is 5.69 Å². The van der Waals surface area contributed by atoms with Gasteiger partial charge in [-0.15, -0.1) is 10.2 Å². The largest absolute Gasteiger partial charge is 0.339 e. The van der Waals surface area contributed by atoms with Gasteiger partial charge in [0.05, 0.1) is 5.69 Å².